The van der Waals surface area contributed by atoms with E-state index in [1.165, 1.54) is 16.7 Å². The van der Waals surface area contributed by atoms with Gasteiger partial charge in [0.2, 0.25) is 5.78 Å². The normalized spacial score (nSPS) is 13.5. The molecule has 1 aliphatic rings. The molecule has 5 rings (SSSR count). The number of aromatic nitrogens is 4. The first-order chi connectivity index (χ1) is 15.6. The number of para-hydroxylation sites is 1. The molecule has 0 unspecified atom stereocenters. The number of thioether (sulfide) groups is 1. The Kier molecular flexibility index (Phi) is 5.26. The Morgan fingerprint density at radius 2 is 1.56 bits per heavy atom. The molecule has 0 saturated heterocycles. The number of rotatable bonds is 7. The molecule has 2 aromatic heterocycles. The topological polar surface area (TPSA) is 89.6 Å². The van der Waals surface area contributed by atoms with Gasteiger partial charge in [-0.25, -0.2) is 0 Å². The third kappa shape index (κ3) is 3.20. The fourth-order valence-electron chi connectivity index (χ4n) is 4.08. The molecule has 0 fully saturated rings. The van der Waals surface area contributed by atoms with Crippen molar-refractivity contribution in [2.45, 2.75) is 31.5 Å². The van der Waals surface area contributed by atoms with E-state index in [1.54, 1.807) is 28.8 Å². The van der Waals surface area contributed by atoms with Crippen LogP contribution >= 0.6 is 11.8 Å². The quantitative estimate of drug-likeness (QED) is 0.245. The molecule has 4 aromatic rings. The molecule has 1 aliphatic heterocycles. The fourth-order valence-corrected chi connectivity index (χ4v) is 4.94. The Hall–Kier alpha value is -3.46. The Bertz CT molecular complexity index is 1390. The van der Waals surface area contributed by atoms with E-state index in [0.29, 0.717) is 52.7 Å². The molecule has 3 heterocycles. The molecule has 0 aliphatic carbocycles. The van der Waals surface area contributed by atoms with Crippen molar-refractivity contribution in [1.29, 1.82) is 0 Å². The second kappa shape index (κ2) is 8.23. The summed E-state index contributed by atoms with van der Waals surface area (Å²) in [5, 5.41) is 9.93. The standard InChI is InChI=1S/C23H21N5O3S/c1-2-12-27-21(31)17-10-5-6-11-18(17)28-22(27)24-25-23(28)32-14-7-13-26-19(29)15-8-3-4-9-16(15)20(26)30/h3-6,8-11H,2,7,12-14H2,1H3. The van der Waals surface area contributed by atoms with Crippen LogP contribution in [-0.2, 0) is 6.54 Å². The minimum absolute atomic E-state index is 0.0653. The van der Waals surface area contributed by atoms with Gasteiger partial charge in [0.15, 0.2) is 5.16 Å². The number of imide groups is 1. The molecule has 0 radical (unpaired) electrons. The van der Waals surface area contributed by atoms with Crippen LogP contribution in [-0.4, -0.2) is 48.2 Å². The van der Waals surface area contributed by atoms with Gasteiger partial charge in [-0.3, -0.25) is 28.3 Å². The predicted molar refractivity (Wildman–Crippen MR) is 122 cm³/mol. The molecule has 8 nitrogen and oxygen atoms in total. The van der Waals surface area contributed by atoms with Crippen LogP contribution in [0.2, 0.25) is 0 Å². The van der Waals surface area contributed by atoms with Gasteiger partial charge in [-0.05, 0) is 37.1 Å². The third-order valence-electron chi connectivity index (χ3n) is 5.56. The Morgan fingerprint density at radius 1 is 0.875 bits per heavy atom. The van der Waals surface area contributed by atoms with Gasteiger partial charge >= 0.3 is 0 Å². The Labute approximate surface area is 187 Å². The average Bonchev–Trinajstić information content (AvgIpc) is 3.34. The van der Waals surface area contributed by atoms with Crippen LogP contribution in [0, 0.1) is 0 Å². The van der Waals surface area contributed by atoms with Crippen molar-refractivity contribution in [2.24, 2.45) is 0 Å². The number of nitrogens with zero attached hydrogens (tertiary/aromatic N) is 5. The SMILES string of the molecule is CCCn1c(=O)c2ccccc2n2c(SCCCN3C(=O)c4ccccc4C3=O)nnc12. The maximum absolute atomic E-state index is 12.9. The molecule has 9 heteroatoms. The fraction of sp³-hybridized carbons (Fsp3) is 0.261. The summed E-state index contributed by atoms with van der Waals surface area (Å²) in [5.41, 5.74) is 1.64. The van der Waals surface area contributed by atoms with E-state index in [0.717, 1.165) is 11.9 Å². The van der Waals surface area contributed by atoms with Crippen molar-refractivity contribution < 1.29 is 9.59 Å². The highest BCUT2D eigenvalue weighted by molar-refractivity contribution is 7.99. The van der Waals surface area contributed by atoms with E-state index in [1.807, 2.05) is 35.6 Å². The number of aryl methyl sites for hydroxylation is 1. The van der Waals surface area contributed by atoms with Gasteiger partial charge in [-0.2, -0.15) is 0 Å². The highest BCUT2D eigenvalue weighted by atomic mass is 32.2. The number of fused-ring (bicyclic) bond motifs is 4. The lowest BCUT2D eigenvalue weighted by Gasteiger charge is -2.13. The number of carbonyl (C=O) groups excluding carboxylic acids is 2. The van der Waals surface area contributed by atoms with Crippen LogP contribution in [0.1, 0.15) is 40.5 Å². The summed E-state index contributed by atoms with van der Waals surface area (Å²) in [6, 6.07) is 14.4. The van der Waals surface area contributed by atoms with Crippen molar-refractivity contribution >= 4 is 40.3 Å². The van der Waals surface area contributed by atoms with E-state index in [9.17, 15) is 14.4 Å². The molecular formula is C23H21N5O3S. The van der Waals surface area contributed by atoms with Gasteiger partial charge < -0.3 is 0 Å². The van der Waals surface area contributed by atoms with Crippen LogP contribution in [0.4, 0.5) is 0 Å². The first kappa shape index (κ1) is 20.4. The smallest absolute Gasteiger partial charge is 0.262 e. The number of hydrogen-bond acceptors (Lipinski definition) is 6. The van der Waals surface area contributed by atoms with Crippen LogP contribution in [0.3, 0.4) is 0 Å². The zero-order valence-corrected chi connectivity index (χ0v) is 18.3. The summed E-state index contributed by atoms with van der Waals surface area (Å²) in [7, 11) is 0. The molecule has 0 bridgehead atoms. The first-order valence-corrected chi connectivity index (χ1v) is 11.5. The highest BCUT2D eigenvalue weighted by Gasteiger charge is 2.34. The van der Waals surface area contributed by atoms with Crippen molar-refractivity contribution in [3.63, 3.8) is 0 Å². The predicted octanol–water partition coefficient (Wildman–Crippen LogP) is 3.23. The zero-order valence-electron chi connectivity index (χ0n) is 17.5. The zero-order chi connectivity index (χ0) is 22.2. The molecule has 2 aromatic carbocycles. The first-order valence-electron chi connectivity index (χ1n) is 10.6. The van der Waals surface area contributed by atoms with Crippen molar-refractivity contribution in [3.05, 3.63) is 70.0 Å². The Morgan fingerprint density at radius 3 is 2.28 bits per heavy atom. The maximum atomic E-state index is 12.9. The molecule has 162 valence electrons. The number of carbonyl (C=O) groups is 2. The molecule has 0 spiro atoms. The number of amides is 2. The van der Waals surface area contributed by atoms with E-state index >= 15 is 0 Å². The largest absolute Gasteiger partial charge is 0.276 e. The Balaban J connectivity index is 1.36. The monoisotopic (exact) mass is 447 g/mol. The summed E-state index contributed by atoms with van der Waals surface area (Å²) < 4.78 is 3.58. The second-order valence-corrected chi connectivity index (χ2v) is 8.66. The van der Waals surface area contributed by atoms with Gasteiger partial charge in [-0.15, -0.1) is 10.2 Å². The summed E-state index contributed by atoms with van der Waals surface area (Å²) >= 11 is 1.50. The molecule has 32 heavy (non-hydrogen) atoms. The minimum Gasteiger partial charge on any atom is -0.276 e. The molecular weight excluding hydrogens is 426 g/mol. The van der Waals surface area contributed by atoms with Gasteiger partial charge in [-0.1, -0.05) is 43.0 Å². The van der Waals surface area contributed by atoms with E-state index in [4.69, 9.17) is 0 Å². The summed E-state index contributed by atoms with van der Waals surface area (Å²) in [4.78, 5) is 39.3. The minimum atomic E-state index is -0.238. The van der Waals surface area contributed by atoms with Crippen molar-refractivity contribution in [1.82, 2.24) is 24.1 Å². The highest BCUT2D eigenvalue weighted by Crippen LogP contribution is 2.25. The molecule has 2 amide bonds. The lowest BCUT2D eigenvalue weighted by atomic mass is 10.1. The van der Waals surface area contributed by atoms with Crippen LogP contribution in [0.25, 0.3) is 16.7 Å². The van der Waals surface area contributed by atoms with E-state index in [-0.39, 0.29) is 17.4 Å². The van der Waals surface area contributed by atoms with Gasteiger partial charge in [0.05, 0.1) is 22.0 Å². The van der Waals surface area contributed by atoms with Crippen LogP contribution in [0.5, 0.6) is 0 Å². The number of hydrogen-bond donors (Lipinski definition) is 0. The molecule has 0 saturated carbocycles. The number of benzene rings is 2. The van der Waals surface area contributed by atoms with Crippen LogP contribution < -0.4 is 5.56 Å². The average molecular weight is 448 g/mol. The molecule has 0 atom stereocenters. The summed E-state index contributed by atoms with van der Waals surface area (Å²) in [5.74, 6) is 0.699. The van der Waals surface area contributed by atoms with E-state index in [2.05, 4.69) is 10.2 Å². The van der Waals surface area contributed by atoms with Crippen molar-refractivity contribution in [3.8, 4) is 0 Å². The van der Waals surface area contributed by atoms with Crippen molar-refractivity contribution in [2.75, 3.05) is 12.3 Å². The van der Waals surface area contributed by atoms with Gasteiger partial charge in [0.25, 0.3) is 17.4 Å². The van der Waals surface area contributed by atoms with Gasteiger partial charge in [0, 0.05) is 18.8 Å². The van der Waals surface area contributed by atoms with Gasteiger partial charge in [0.1, 0.15) is 0 Å². The second-order valence-electron chi connectivity index (χ2n) is 7.60. The summed E-state index contributed by atoms with van der Waals surface area (Å²) in [6.45, 7) is 2.93. The van der Waals surface area contributed by atoms with Crippen LogP contribution in [0.15, 0.2) is 58.5 Å². The third-order valence-corrected chi connectivity index (χ3v) is 6.58. The molecule has 0 N–H and O–H groups in total. The lowest BCUT2D eigenvalue weighted by Crippen LogP contribution is -2.31. The lowest BCUT2D eigenvalue weighted by molar-refractivity contribution is 0.0655. The maximum Gasteiger partial charge on any atom is 0.262 e. The summed E-state index contributed by atoms with van der Waals surface area (Å²) in [6.07, 6.45) is 1.43. The van der Waals surface area contributed by atoms with E-state index < -0.39 is 0 Å².